The third-order valence-electron chi connectivity index (χ3n) is 4.41. The average Bonchev–Trinajstić information content (AvgIpc) is 2.56. The molecule has 0 spiro atoms. The zero-order chi connectivity index (χ0) is 17.4. The zero-order valence-electron chi connectivity index (χ0n) is 14.6. The first-order valence-corrected chi connectivity index (χ1v) is 8.67. The van der Waals surface area contributed by atoms with Gasteiger partial charge in [-0.2, -0.15) is 0 Å². The Balaban J connectivity index is 1.77. The van der Waals surface area contributed by atoms with E-state index in [2.05, 4.69) is 48.0 Å². The lowest BCUT2D eigenvalue weighted by atomic mass is 10.0. The van der Waals surface area contributed by atoms with Gasteiger partial charge in [-0.1, -0.05) is 35.9 Å². The third kappa shape index (κ3) is 5.65. The molecule has 1 heterocycles. The van der Waals surface area contributed by atoms with Gasteiger partial charge in [0.1, 0.15) is 0 Å². The monoisotopic (exact) mass is 331 g/mol. The van der Waals surface area contributed by atoms with Gasteiger partial charge in [-0.15, -0.1) is 6.58 Å². The summed E-state index contributed by atoms with van der Waals surface area (Å²) in [5.74, 6) is 0. The molecule has 2 amide bonds. The highest BCUT2D eigenvalue weighted by atomic mass is 16.3. The van der Waals surface area contributed by atoms with Crippen molar-refractivity contribution >= 4 is 6.03 Å². The summed E-state index contributed by atoms with van der Waals surface area (Å²) in [6, 6.07) is 8.72. The van der Waals surface area contributed by atoms with Crippen LogP contribution in [0, 0.1) is 6.92 Å². The minimum absolute atomic E-state index is 0.0316. The molecular formula is C19H29N3O2. The molecule has 0 aliphatic carbocycles. The number of urea groups is 1. The first kappa shape index (κ1) is 18.5. The summed E-state index contributed by atoms with van der Waals surface area (Å²) in [5.41, 5.74) is 2.64. The van der Waals surface area contributed by atoms with Gasteiger partial charge in [0.2, 0.25) is 0 Å². The molecule has 0 radical (unpaired) electrons. The van der Waals surface area contributed by atoms with Crippen molar-refractivity contribution in [3.63, 3.8) is 0 Å². The van der Waals surface area contributed by atoms with Crippen LogP contribution in [-0.2, 0) is 6.54 Å². The van der Waals surface area contributed by atoms with Crippen molar-refractivity contribution < 1.29 is 9.90 Å². The standard InChI is InChI=1S/C19H29N3O2/c1-3-9-22(12-13-23)19(24)20-18-7-10-21(11-8-18)15-17-6-4-5-16(2)14-17/h3-6,14,18,23H,1,7-13,15H2,2H3,(H,20,24). The van der Waals surface area contributed by atoms with E-state index in [4.69, 9.17) is 5.11 Å². The van der Waals surface area contributed by atoms with Gasteiger partial charge in [-0.25, -0.2) is 4.79 Å². The van der Waals surface area contributed by atoms with Gasteiger partial charge in [0.25, 0.3) is 0 Å². The highest BCUT2D eigenvalue weighted by Gasteiger charge is 2.22. The number of likely N-dealkylation sites (tertiary alicyclic amines) is 1. The Morgan fingerprint density at radius 2 is 2.21 bits per heavy atom. The fourth-order valence-corrected chi connectivity index (χ4v) is 3.12. The number of carbonyl (C=O) groups is 1. The molecule has 1 aromatic carbocycles. The Morgan fingerprint density at radius 1 is 1.46 bits per heavy atom. The second-order valence-electron chi connectivity index (χ2n) is 6.45. The number of aryl methyl sites for hydroxylation is 1. The largest absolute Gasteiger partial charge is 0.395 e. The maximum atomic E-state index is 12.2. The molecule has 1 aromatic rings. The van der Waals surface area contributed by atoms with E-state index in [1.807, 2.05) is 0 Å². The van der Waals surface area contributed by atoms with E-state index in [1.54, 1.807) is 11.0 Å². The Bertz CT molecular complexity index is 539. The molecular weight excluding hydrogens is 302 g/mol. The molecule has 1 saturated heterocycles. The average molecular weight is 331 g/mol. The zero-order valence-corrected chi connectivity index (χ0v) is 14.6. The van der Waals surface area contributed by atoms with Crippen molar-refractivity contribution in [2.45, 2.75) is 32.4 Å². The summed E-state index contributed by atoms with van der Waals surface area (Å²) in [7, 11) is 0. The number of piperidine rings is 1. The maximum Gasteiger partial charge on any atom is 0.317 e. The number of hydrogen-bond acceptors (Lipinski definition) is 3. The summed E-state index contributed by atoms with van der Waals surface area (Å²) in [6.07, 6.45) is 3.59. The molecule has 1 aliphatic heterocycles. The molecule has 0 aromatic heterocycles. The molecule has 0 saturated carbocycles. The lowest BCUT2D eigenvalue weighted by molar-refractivity contribution is 0.162. The number of rotatable bonds is 7. The SMILES string of the molecule is C=CCN(CCO)C(=O)NC1CCN(Cc2cccc(C)c2)CC1. The highest BCUT2D eigenvalue weighted by molar-refractivity contribution is 5.74. The Labute approximate surface area is 145 Å². The van der Waals surface area contributed by atoms with Crippen molar-refractivity contribution in [2.24, 2.45) is 0 Å². The van der Waals surface area contributed by atoms with Gasteiger partial charge in [0.15, 0.2) is 0 Å². The van der Waals surface area contributed by atoms with Crippen LogP contribution >= 0.6 is 0 Å². The maximum absolute atomic E-state index is 12.2. The molecule has 1 fully saturated rings. The van der Waals surface area contributed by atoms with Gasteiger partial charge in [-0.05, 0) is 25.3 Å². The molecule has 0 bridgehead atoms. The van der Waals surface area contributed by atoms with Crippen LogP contribution in [0.15, 0.2) is 36.9 Å². The second kappa shape index (κ2) is 9.45. The minimum atomic E-state index is -0.110. The van der Waals surface area contributed by atoms with Crippen LogP contribution in [0.2, 0.25) is 0 Å². The van der Waals surface area contributed by atoms with E-state index in [-0.39, 0.29) is 18.7 Å². The number of nitrogens with zero attached hydrogens (tertiary/aromatic N) is 2. The van der Waals surface area contributed by atoms with Crippen LogP contribution in [0.4, 0.5) is 4.79 Å². The molecule has 24 heavy (non-hydrogen) atoms. The number of hydrogen-bond donors (Lipinski definition) is 2. The normalized spacial score (nSPS) is 15.9. The van der Waals surface area contributed by atoms with E-state index in [0.717, 1.165) is 32.5 Å². The molecule has 0 unspecified atom stereocenters. The predicted molar refractivity (Wildman–Crippen MR) is 96.9 cm³/mol. The van der Waals surface area contributed by atoms with Gasteiger partial charge < -0.3 is 15.3 Å². The highest BCUT2D eigenvalue weighted by Crippen LogP contribution is 2.15. The van der Waals surface area contributed by atoms with Crippen LogP contribution in [0.1, 0.15) is 24.0 Å². The summed E-state index contributed by atoms with van der Waals surface area (Å²) >= 11 is 0. The van der Waals surface area contributed by atoms with Crippen molar-refractivity contribution in [3.05, 3.63) is 48.0 Å². The van der Waals surface area contributed by atoms with Crippen molar-refractivity contribution in [3.8, 4) is 0 Å². The number of benzene rings is 1. The number of aliphatic hydroxyl groups is 1. The van der Waals surface area contributed by atoms with Gasteiger partial charge in [-0.3, -0.25) is 4.90 Å². The van der Waals surface area contributed by atoms with Crippen molar-refractivity contribution in [2.75, 3.05) is 32.8 Å². The van der Waals surface area contributed by atoms with Crippen LogP contribution in [-0.4, -0.2) is 59.8 Å². The van der Waals surface area contributed by atoms with Crippen LogP contribution in [0.25, 0.3) is 0 Å². The molecule has 5 heteroatoms. The Morgan fingerprint density at radius 3 is 2.83 bits per heavy atom. The first-order chi connectivity index (χ1) is 11.6. The van der Waals surface area contributed by atoms with E-state index < -0.39 is 0 Å². The lowest BCUT2D eigenvalue weighted by Gasteiger charge is -2.33. The quantitative estimate of drug-likeness (QED) is 0.753. The Kier molecular flexibility index (Phi) is 7.28. The van der Waals surface area contributed by atoms with Crippen molar-refractivity contribution in [1.82, 2.24) is 15.1 Å². The fourth-order valence-electron chi connectivity index (χ4n) is 3.12. The number of amides is 2. The van der Waals surface area contributed by atoms with E-state index in [1.165, 1.54) is 11.1 Å². The molecule has 0 atom stereocenters. The lowest BCUT2D eigenvalue weighted by Crippen LogP contribution is -2.49. The number of aliphatic hydroxyl groups excluding tert-OH is 1. The fraction of sp³-hybridized carbons (Fsp3) is 0.526. The molecule has 132 valence electrons. The summed E-state index contributed by atoms with van der Waals surface area (Å²) in [6.45, 7) is 9.48. The topological polar surface area (TPSA) is 55.8 Å². The van der Waals surface area contributed by atoms with E-state index in [9.17, 15) is 4.79 Å². The van der Waals surface area contributed by atoms with Crippen molar-refractivity contribution in [1.29, 1.82) is 0 Å². The van der Waals surface area contributed by atoms with Crippen LogP contribution in [0.5, 0.6) is 0 Å². The third-order valence-corrected chi connectivity index (χ3v) is 4.41. The smallest absolute Gasteiger partial charge is 0.317 e. The van der Waals surface area contributed by atoms with Gasteiger partial charge >= 0.3 is 6.03 Å². The molecule has 5 nitrogen and oxygen atoms in total. The summed E-state index contributed by atoms with van der Waals surface area (Å²) < 4.78 is 0. The molecule has 2 N–H and O–H groups in total. The summed E-state index contributed by atoms with van der Waals surface area (Å²) in [4.78, 5) is 16.3. The van der Waals surface area contributed by atoms with E-state index >= 15 is 0 Å². The Hall–Kier alpha value is -1.85. The van der Waals surface area contributed by atoms with Gasteiger partial charge in [0, 0.05) is 38.8 Å². The first-order valence-electron chi connectivity index (χ1n) is 8.67. The molecule has 2 rings (SSSR count). The molecule has 1 aliphatic rings. The number of nitrogens with one attached hydrogen (secondary N) is 1. The van der Waals surface area contributed by atoms with Crippen LogP contribution < -0.4 is 5.32 Å². The predicted octanol–water partition coefficient (Wildman–Crippen LogP) is 2.15. The number of carbonyl (C=O) groups excluding carboxylic acids is 1. The van der Waals surface area contributed by atoms with Gasteiger partial charge in [0.05, 0.1) is 6.61 Å². The van der Waals surface area contributed by atoms with E-state index in [0.29, 0.717) is 13.1 Å². The summed E-state index contributed by atoms with van der Waals surface area (Å²) in [5, 5.41) is 12.1. The second-order valence-corrected chi connectivity index (χ2v) is 6.45. The van der Waals surface area contributed by atoms with Crippen LogP contribution in [0.3, 0.4) is 0 Å². The minimum Gasteiger partial charge on any atom is -0.395 e.